The number of carbonyl (C=O) groups excluding carboxylic acids is 1. The molecule has 0 N–H and O–H groups in total. The molecule has 23 heavy (non-hydrogen) atoms. The van der Waals surface area contributed by atoms with Crippen molar-refractivity contribution in [2.75, 3.05) is 26.3 Å². The first-order valence-electron chi connectivity index (χ1n) is 8.03. The van der Waals surface area contributed by atoms with Gasteiger partial charge in [-0.2, -0.15) is 0 Å². The molecule has 1 atom stereocenters. The summed E-state index contributed by atoms with van der Waals surface area (Å²) in [4.78, 5) is 14.8. The van der Waals surface area contributed by atoms with Crippen molar-refractivity contribution in [2.24, 2.45) is 0 Å². The summed E-state index contributed by atoms with van der Waals surface area (Å²) in [5.74, 6) is 0.868. The molecule has 0 radical (unpaired) electrons. The topological polar surface area (TPSA) is 38.8 Å². The monoisotopic (exact) mass is 309 g/mol. The first-order valence-corrected chi connectivity index (χ1v) is 8.03. The molecule has 0 aromatic heterocycles. The second-order valence-corrected chi connectivity index (χ2v) is 5.90. The zero-order valence-electron chi connectivity index (χ0n) is 12.9. The molecule has 4 nitrogen and oxygen atoms in total. The minimum atomic E-state index is -0.191. The zero-order chi connectivity index (χ0) is 15.6. The molecular weight excluding hydrogens is 290 g/mol. The van der Waals surface area contributed by atoms with Crippen LogP contribution in [0, 0.1) is 0 Å². The summed E-state index contributed by atoms with van der Waals surface area (Å²) in [6.45, 7) is 3.00. The Labute approximate surface area is 135 Å². The molecule has 0 bridgehead atoms. The van der Waals surface area contributed by atoms with Gasteiger partial charge in [0.1, 0.15) is 5.75 Å². The summed E-state index contributed by atoms with van der Waals surface area (Å²) in [6.07, 6.45) is 0.217. The molecule has 1 saturated heterocycles. The summed E-state index contributed by atoms with van der Waals surface area (Å²) in [5.41, 5.74) is 2.74. The molecule has 0 amide bonds. The number of ether oxygens (including phenoxy) is 2. The van der Waals surface area contributed by atoms with E-state index in [1.807, 2.05) is 48.5 Å². The maximum atomic E-state index is 12.6. The molecule has 2 aromatic rings. The Hall–Kier alpha value is -2.17. The number of morpholine rings is 1. The second-order valence-electron chi connectivity index (χ2n) is 5.90. The SMILES string of the molecule is O=C1C[C@@H](N2CCOCC2)Oc2c1cccc2-c1ccccc1. The summed E-state index contributed by atoms with van der Waals surface area (Å²) < 4.78 is 11.7. The van der Waals surface area contributed by atoms with Crippen LogP contribution in [0.25, 0.3) is 11.1 Å². The predicted octanol–water partition coefficient (Wildman–Crippen LogP) is 2.98. The Bertz CT molecular complexity index is 708. The molecule has 4 rings (SSSR count). The van der Waals surface area contributed by atoms with E-state index in [1.165, 1.54) is 0 Å². The van der Waals surface area contributed by atoms with Gasteiger partial charge in [0.2, 0.25) is 0 Å². The molecule has 0 unspecified atom stereocenters. The van der Waals surface area contributed by atoms with Crippen LogP contribution in [0.5, 0.6) is 5.75 Å². The summed E-state index contributed by atoms with van der Waals surface area (Å²) in [7, 11) is 0. The van der Waals surface area contributed by atoms with Gasteiger partial charge in [0, 0.05) is 18.7 Å². The predicted molar refractivity (Wildman–Crippen MR) is 87.6 cm³/mol. The summed E-state index contributed by atoms with van der Waals surface area (Å²) in [5, 5.41) is 0. The van der Waals surface area contributed by atoms with Gasteiger partial charge in [0.15, 0.2) is 12.0 Å². The number of hydrogen-bond donors (Lipinski definition) is 0. The van der Waals surface area contributed by atoms with Crippen LogP contribution < -0.4 is 4.74 Å². The lowest BCUT2D eigenvalue weighted by Gasteiger charge is -2.37. The van der Waals surface area contributed by atoms with Crippen molar-refractivity contribution in [2.45, 2.75) is 12.6 Å². The van der Waals surface area contributed by atoms with Crippen molar-refractivity contribution in [1.82, 2.24) is 4.90 Å². The normalized spacial score (nSPS) is 21.6. The first kappa shape index (κ1) is 14.4. The highest BCUT2D eigenvalue weighted by Gasteiger charge is 2.33. The van der Waals surface area contributed by atoms with Crippen LogP contribution in [0.15, 0.2) is 48.5 Å². The number of nitrogens with zero attached hydrogens (tertiary/aromatic N) is 1. The van der Waals surface area contributed by atoms with Gasteiger partial charge in [-0.3, -0.25) is 9.69 Å². The van der Waals surface area contributed by atoms with Crippen LogP contribution in [-0.2, 0) is 4.74 Å². The number of Topliss-reactive ketones (excluding diaryl/α,β-unsaturated/α-hetero) is 1. The smallest absolute Gasteiger partial charge is 0.171 e. The van der Waals surface area contributed by atoms with Crippen molar-refractivity contribution in [3.63, 3.8) is 0 Å². The molecule has 118 valence electrons. The fourth-order valence-corrected chi connectivity index (χ4v) is 3.24. The van der Waals surface area contributed by atoms with Crippen molar-refractivity contribution in [3.8, 4) is 16.9 Å². The average molecular weight is 309 g/mol. The number of para-hydroxylation sites is 1. The lowest BCUT2D eigenvalue weighted by atomic mass is 9.96. The first-order chi connectivity index (χ1) is 11.3. The number of benzene rings is 2. The van der Waals surface area contributed by atoms with E-state index < -0.39 is 0 Å². The number of rotatable bonds is 2. The maximum absolute atomic E-state index is 12.6. The second kappa shape index (κ2) is 6.14. The van der Waals surface area contributed by atoms with Gasteiger partial charge in [-0.05, 0) is 11.6 Å². The quantitative estimate of drug-likeness (QED) is 0.855. The molecule has 0 aliphatic carbocycles. The van der Waals surface area contributed by atoms with Crippen LogP contribution in [0.1, 0.15) is 16.8 Å². The molecule has 2 aliphatic heterocycles. The summed E-state index contributed by atoms with van der Waals surface area (Å²) >= 11 is 0. The van der Waals surface area contributed by atoms with E-state index in [0.29, 0.717) is 30.9 Å². The minimum Gasteiger partial charge on any atom is -0.473 e. The van der Waals surface area contributed by atoms with E-state index in [-0.39, 0.29) is 12.0 Å². The highest BCUT2D eigenvalue weighted by Crippen LogP contribution is 2.38. The third-order valence-electron chi connectivity index (χ3n) is 4.47. The standard InChI is InChI=1S/C19H19NO3/c21-17-13-18(20-9-11-22-12-10-20)23-19-15(7-4-8-16(17)19)14-5-2-1-3-6-14/h1-8,18H,9-13H2/t18-/m0/s1. The largest absolute Gasteiger partial charge is 0.473 e. The van der Waals surface area contributed by atoms with Crippen molar-refractivity contribution < 1.29 is 14.3 Å². The molecule has 2 aliphatic rings. The molecule has 2 heterocycles. The van der Waals surface area contributed by atoms with Crippen molar-refractivity contribution in [3.05, 3.63) is 54.1 Å². The Morgan fingerprint density at radius 1 is 0.913 bits per heavy atom. The van der Waals surface area contributed by atoms with E-state index in [0.717, 1.165) is 24.2 Å². The van der Waals surface area contributed by atoms with Gasteiger partial charge >= 0.3 is 0 Å². The van der Waals surface area contributed by atoms with Crippen LogP contribution in [0.2, 0.25) is 0 Å². The van der Waals surface area contributed by atoms with Crippen LogP contribution >= 0.6 is 0 Å². The molecule has 1 fully saturated rings. The van der Waals surface area contributed by atoms with Gasteiger partial charge in [-0.15, -0.1) is 0 Å². The van der Waals surface area contributed by atoms with E-state index in [4.69, 9.17) is 9.47 Å². The van der Waals surface area contributed by atoms with Gasteiger partial charge < -0.3 is 9.47 Å². The molecule has 4 heteroatoms. The summed E-state index contributed by atoms with van der Waals surface area (Å²) in [6, 6.07) is 15.9. The number of hydrogen-bond acceptors (Lipinski definition) is 4. The third kappa shape index (κ3) is 2.76. The average Bonchev–Trinajstić information content (AvgIpc) is 2.63. The zero-order valence-corrected chi connectivity index (χ0v) is 12.9. The van der Waals surface area contributed by atoms with E-state index >= 15 is 0 Å². The number of ketones is 1. The number of fused-ring (bicyclic) bond motifs is 1. The van der Waals surface area contributed by atoms with Crippen LogP contribution in [-0.4, -0.2) is 43.2 Å². The van der Waals surface area contributed by atoms with Crippen LogP contribution in [0.3, 0.4) is 0 Å². The maximum Gasteiger partial charge on any atom is 0.171 e. The minimum absolute atomic E-state index is 0.153. The molecule has 0 spiro atoms. The lowest BCUT2D eigenvalue weighted by molar-refractivity contribution is -0.0486. The number of carbonyl (C=O) groups is 1. The Morgan fingerprint density at radius 2 is 1.65 bits per heavy atom. The van der Waals surface area contributed by atoms with Gasteiger partial charge in [0.05, 0.1) is 25.2 Å². The van der Waals surface area contributed by atoms with Crippen molar-refractivity contribution >= 4 is 5.78 Å². The molecule has 2 aromatic carbocycles. The fraction of sp³-hybridized carbons (Fsp3) is 0.316. The van der Waals surface area contributed by atoms with Crippen molar-refractivity contribution in [1.29, 1.82) is 0 Å². The Kier molecular flexibility index (Phi) is 3.85. The van der Waals surface area contributed by atoms with E-state index in [1.54, 1.807) is 0 Å². The fourth-order valence-electron chi connectivity index (χ4n) is 3.24. The molecular formula is C19H19NO3. The van der Waals surface area contributed by atoms with Crippen LogP contribution in [0.4, 0.5) is 0 Å². The Balaban J connectivity index is 1.71. The Morgan fingerprint density at radius 3 is 2.43 bits per heavy atom. The third-order valence-corrected chi connectivity index (χ3v) is 4.47. The van der Waals surface area contributed by atoms with E-state index in [2.05, 4.69) is 4.90 Å². The van der Waals surface area contributed by atoms with Gasteiger partial charge in [0.25, 0.3) is 0 Å². The van der Waals surface area contributed by atoms with Gasteiger partial charge in [-0.1, -0.05) is 42.5 Å². The molecule has 0 saturated carbocycles. The highest BCUT2D eigenvalue weighted by molar-refractivity contribution is 6.02. The van der Waals surface area contributed by atoms with E-state index in [9.17, 15) is 4.79 Å². The highest BCUT2D eigenvalue weighted by atomic mass is 16.5. The lowest BCUT2D eigenvalue weighted by Crippen LogP contribution is -2.48. The van der Waals surface area contributed by atoms with Gasteiger partial charge in [-0.25, -0.2) is 0 Å².